The van der Waals surface area contributed by atoms with E-state index in [1.165, 1.54) is 12.8 Å². The van der Waals surface area contributed by atoms with Crippen LogP contribution in [0, 0.1) is 0 Å². The Morgan fingerprint density at radius 3 is 3.00 bits per heavy atom. The molecule has 19 heavy (non-hydrogen) atoms. The molecule has 6 nitrogen and oxygen atoms in total. The van der Waals surface area contributed by atoms with Gasteiger partial charge in [-0.3, -0.25) is 4.79 Å². The molecule has 0 bridgehead atoms. The molecule has 1 aliphatic rings. The first-order valence-electron chi connectivity index (χ1n) is 6.27. The van der Waals surface area contributed by atoms with Crippen molar-refractivity contribution in [3.8, 4) is 5.82 Å². The number of carbonyl (C=O) groups is 1. The normalized spacial score (nSPS) is 14.5. The van der Waals surface area contributed by atoms with Gasteiger partial charge in [-0.05, 0) is 25.0 Å². The number of nitrogens with one attached hydrogen (secondary N) is 1. The molecule has 0 radical (unpaired) electrons. The molecule has 1 aliphatic carbocycles. The Bertz CT molecular complexity index is 603. The third-order valence-corrected chi connectivity index (χ3v) is 3.08. The Kier molecular flexibility index (Phi) is 3.00. The van der Waals surface area contributed by atoms with E-state index in [4.69, 9.17) is 5.73 Å². The number of hydrogen-bond donors (Lipinski definition) is 2. The number of aromatic nitrogens is 3. The van der Waals surface area contributed by atoms with Gasteiger partial charge < -0.3 is 11.1 Å². The van der Waals surface area contributed by atoms with Crippen LogP contribution in [0.3, 0.4) is 0 Å². The number of amides is 1. The molecule has 2 aromatic heterocycles. The van der Waals surface area contributed by atoms with Crippen molar-refractivity contribution in [2.75, 3.05) is 0 Å². The molecular weight excluding hydrogens is 242 g/mol. The van der Waals surface area contributed by atoms with Gasteiger partial charge in [0.05, 0.1) is 0 Å². The number of hydrogen-bond acceptors (Lipinski definition) is 4. The first kappa shape index (κ1) is 11.9. The van der Waals surface area contributed by atoms with Crippen LogP contribution >= 0.6 is 0 Å². The predicted molar refractivity (Wildman–Crippen MR) is 69.7 cm³/mol. The Morgan fingerprint density at radius 1 is 1.47 bits per heavy atom. The summed E-state index contributed by atoms with van der Waals surface area (Å²) in [5.41, 5.74) is 6.49. The zero-order valence-electron chi connectivity index (χ0n) is 10.4. The lowest BCUT2D eigenvalue weighted by molar-refractivity contribution is 0.0995. The van der Waals surface area contributed by atoms with Crippen molar-refractivity contribution in [3.05, 3.63) is 41.9 Å². The molecule has 2 heterocycles. The summed E-state index contributed by atoms with van der Waals surface area (Å²) < 4.78 is 1.59. The van der Waals surface area contributed by atoms with Crippen molar-refractivity contribution in [1.82, 2.24) is 20.1 Å². The van der Waals surface area contributed by atoms with Gasteiger partial charge in [-0.1, -0.05) is 6.07 Å². The van der Waals surface area contributed by atoms with Crippen molar-refractivity contribution in [3.63, 3.8) is 0 Å². The maximum Gasteiger partial charge on any atom is 0.269 e. The van der Waals surface area contributed by atoms with Crippen molar-refractivity contribution in [1.29, 1.82) is 0 Å². The van der Waals surface area contributed by atoms with E-state index in [2.05, 4.69) is 15.4 Å². The highest BCUT2D eigenvalue weighted by Crippen LogP contribution is 2.20. The molecule has 1 saturated carbocycles. The minimum absolute atomic E-state index is 0.242. The van der Waals surface area contributed by atoms with Crippen LogP contribution in [0.1, 0.15) is 28.9 Å². The third-order valence-electron chi connectivity index (χ3n) is 3.08. The maximum absolute atomic E-state index is 11.1. The molecule has 0 saturated heterocycles. The highest BCUT2D eigenvalue weighted by atomic mass is 16.1. The van der Waals surface area contributed by atoms with E-state index >= 15 is 0 Å². The molecule has 1 fully saturated rings. The first-order chi connectivity index (χ1) is 9.24. The number of pyridine rings is 1. The van der Waals surface area contributed by atoms with Crippen LogP contribution in [-0.2, 0) is 6.54 Å². The molecular formula is C13H15N5O. The average molecular weight is 257 g/mol. The second kappa shape index (κ2) is 4.81. The summed E-state index contributed by atoms with van der Waals surface area (Å²) in [7, 11) is 0. The molecule has 3 rings (SSSR count). The lowest BCUT2D eigenvalue weighted by atomic mass is 10.2. The molecule has 0 aromatic carbocycles. The predicted octanol–water partition coefficient (Wildman–Crippen LogP) is 0.618. The molecule has 2 aromatic rings. The van der Waals surface area contributed by atoms with Crippen molar-refractivity contribution >= 4 is 5.91 Å². The quantitative estimate of drug-likeness (QED) is 0.822. The van der Waals surface area contributed by atoms with Crippen LogP contribution in [-0.4, -0.2) is 26.7 Å². The number of primary amides is 1. The van der Waals surface area contributed by atoms with Crippen LogP contribution < -0.4 is 11.1 Å². The van der Waals surface area contributed by atoms with Gasteiger partial charge >= 0.3 is 0 Å². The summed E-state index contributed by atoms with van der Waals surface area (Å²) in [5, 5.41) is 7.58. The molecule has 0 unspecified atom stereocenters. The Labute approximate surface area is 110 Å². The fourth-order valence-electron chi connectivity index (χ4n) is 1.89. The fraction of sp³-hybridized carbons (Fsp3) is 0.308. The van der Waals surface area contributed by atoms with E-state index in [9.17, 15) is 4.79 Å². The molecule has 0 aliphatic heterocycles. The SMILES string of the molecule is NC(=O)c1ccn(-c2ncccc2CNC2CC2)n1. The van der Waals surface area contributed by atoms with Crippen LogP contribution in [0.25, 0.3) is 5.82 Å². The van der Waals surface area contributed by atoms with Gasteiger partial charge in [0.25, 0.3) is 5.91 Å². The highest BCUT2D eigenvalue weighted by Gasteiger charge is 2.20. The zero-order valence-corrected chi connectivity index (χ0v) is 10.4. The van der Waals surface area contributed by atoms with Gasteiger partial charge in [0.1, 0.15) is 5.69 Å². The van der Waals surface area contributed by atoms with Crippen LogP contribution in [0.15, 0.2) is 30.6 Å². The number of nitrogens with zero attached hydrogens (tertiary/aromatic N) is 3. The molecule has 0 atom stereocenters. The molecule has 98 valence electrons. The number of carbonyl (C=O) groups excluding carboxylic acids is 1. The van der Waals surface area contributed by atoms with Gasteiger partial charge in [0.2, 0.25) is 0 Å². The maximum atomic E-state index is 11.1. The summed E-state index contributed by atoms with van der Waals surface area (Å²) in [6.07, 6.45) is 5.89. The van der Waals surface area contributed by atoms with Gasteiger partial charge in [-0.15, -0.1) is 0 Å². The molecule has 1 amide bonds. The minimum Gasteiger partial charge on any atom is -0.364 e. The van der Waals surface area contributed by atoms with E-state index in [1.807, 2.05) is 12.1 Å². The Balaban J connectivity index is 1.86. The average Bonchev–Trinajstić information content (AvgIpc) is 3.11. The lowest BCUT2D eigenvalue weighted by Gasteiger charge is -2.08. The highest BCUT2D eigenvalue weighted by molar-refractivity contribution is 5.90. The van der Waals surface area contributed by atoms with Crippen LogP contribution in [0.2, 0.25) is 0 Å². The van der Waals surface area contributed by atoms with E-state index in [-0.39, 0.29) is 5.69 Å². The fourth-order valence-corrected chi connectivity index (χ4v) is 1.89. The van der Waals surface area contributed by atoms with E-state index < -0.39 is 5.91 Å². The lowest BCUT2D eigenvalue weighted by Crippen LogP contribution is -2.18. The van der Waals surface area contributed by atoms with Crippen molar-refractivity contribution in [2.45, 2.75) is 25.4 Å². The van der Waals surface area contributed by atoms with Gasteiger partial charge in [0, 0.05) is 30.5 Å². The third kappa shape index (κ3) is 2.63. The minimum atomic E-state index is -0.535. The molecule has 3 N–H and O–H groups in total. The van der Waals surface area contributed by atoms with Crippen LogP contribution in [0.4, 0.5) is 0 Å². The first-order valence-corrected chi connectivity index (χ1v) is 6.27. The Hall–Kier alpha value is -2.21. The van der Waals surface area contributed by atoms with Gasteiger partial charge in [0.15, 0.2) is 5.82 Å². The molecule has 6 heteroatoms. The molecule has 0 spiro atoms. The van der Waals surface area contributed by atoms with E-state index in [0.29, 0.717) is 6.04 Å². The summed E-state index contributed by atoms with van der Waals surface area (Å²) in [6.45, 7) is 0.750. The zero-order chi connectivity index (χ0) is 13.2. The summed E-state index contributed by atoms with van der Waals surface area (Å²) in [4.78, 5) is 15.4. The summed E-state index contributed by atoms with van der Waals surface area (Å²) in [6, 6.07) is 6.12. The number of rotatable bonds is 5. The van der Waals surface area contributed by atoms with E-state index in [0.717, 1.165) is 17.9 Å². The largest absolute Gasteiger partial charge is 0.364 e. The summed E-state index contributed by atoms with van der Waals surface area (Å²) >= 11 is 0. The second-order valence-electron chi connectivity index (χ2n) is 4.65. The summed E-state index contributed by atoms with van der Waals surface area (Å²) in [5.74, 6) is 0.190. The Morgan fingerprint density at radius 2 is 2.32 bits per heavy atom. The van der Waals surface area contributed by atoms with Crippen molar-refractivity contribution in [2.24, 2.45) is 5.73 Å². The second-order valence-corrected chi connectivity index (χ2v) is 4.65. The van der Waals surface area contributed by atoms with Crippen molar-refractivity contribution < 1.29 is 4.79 Å². The number of nitrogens with two attached hydrogens (primary N) is 1. The van der Waals surface area contributed by atoms with E-state index in [1.54, 1.807) is 23.1 Å². The van der Waals surface area contributed by atoms with Gasteiger partial charge in [-0.25, -0.2) is 9.67 Å². The van der Waals surface area contributed by atoms with Gasteiger partial charge in [-0.2, -0.15) is 5.10 Å². The smallest absolute Gasteiger partial charge is 0.269 e. The van der Waals surface area contributed by atoms with Crippen LogP contribution in [0.5, 0.6) is 0 Å². The monoisotopic (exact) mass is 257 g/mol. The topological polar surface area (TPSA) is 85.8 Å². The standard InChI is InChI=1S/C13H15N5O/c14-12(19)11-5-7-18(17-11)13-9(2-1-6-15-13)8-16-10-3-4-10/h1-2,5-7,10,16H,3-4,8H2,(H2,14,19).